The monoisotopic (exact) mass is 389 g/mol. The number of rotatable bonds is 7. The molecule has 0 aromatic heterocycles. The summed E-state index contributed by atoms with van der Waals surface area (Å²) in [7, 11) is -3.84. The number of sulfonamides is 1. The molecular formula is C19H23N3O4S. The second-order valence-electron chi connectivity index (χ2n) is 6.83. The maximum Gasteiger partial charge on any atom is 0.270 e. The van der Waals surface area contributed by atoms with Gasteiger partial charge in [0.1, 0.15) is 0 Å². The van der Waals surface area contributed by atoms with Gasteiger partial charge >= 0.3 is 0 Å². The summed E-state index contributed by atoms with van der Waals surface area (Å²) in [6.07, 6.45) is 2.49. The molecule has 1 heterocycles. The van der Waals surface area contributed by atoms with Crippen LogP contribution in [-0.2, 0) is 23.1 Å². The summed E-state index contributed by atoms with van der Waals surface area (Å²) in [5, 5.41) is 10.9. The molecule has 1 aliphatic rings. The normalized spacial score (nSPS) is 15.1. The standard InChI is InChI=1S/C19H23N3O4S/c1-15-4-9-18(22(23)24)12-19(15)27(25,26)20-13-16-5-7-17(8-6-16)14-21-10-2-3-11-21/h4-9,12,20H,2-3,10-11,13-14H2,1H3. The van der Waals surface area contributed by atoms with Crippen LogP contribution in [0.1, 0.15) is 29.5 Å². The zero-order chi connectivity index (χ0) is 19.4. The molecule has 0 aliphatic carbocycles. The summed E-state index contributed by atoms with van der Waals surface area (Å²) in [5.74, 6) is 0. The smallest absolute Gasteiger partial charge is 0.270 e. The number of nitro groups is 1. The van der Waals surface area contributed by atoms with E-state index in [1.54, 1.807) is 6.92 Å². The molecule has 0 unspecified atom stereocenters. The lowest BCUT2D eigenvalue weighted by molar-refractivity contribution is -0.385. The van der Waals surface area contributed by atoms with Crippen LogP contribution < -0.4 is 4.72 Å². The molecule has 1 saturated heterocycles. The Labute approximate surface area is 159 Å². The van der Waals surface area contributed by atoms with Gasteiger partial charge in [0.2, 0.25) is 10.0 Å². The Bertz CT molecular complexity index is 920. The molecule has 1 N–H and O–H groups in total. The molecule has 0 amide bonds. The molecule has 144 valence electrons. The lowest BCUT2D eigenvalue weighted by Crippen LogP contribution is -2.24. The third-order valence-corrected chi connectivity index (χ3v) is 6.31. The molecule has 1 fully saturated rings. The topological polar surface area (TPSA) is 92.5 Å². The second-order valence-corrected chi connectivity index (χ2v) is 8.57. The highest BCUT2D eigenvalue weighted by atomic mass is 32.2. The van der Waals surface area contributed by atoms with Crippen LogP contribution in [0.15, 0.2) is 47.4 Å². The SMILES string of the molecule is Cc1ccc([N+](=O)[O-])cc1S(=O)(=O)NCc1ccc(CN2CCCC2)cc1. The Hall–Kier alpha value is -2.29. The number of nitro benzene ring substituents is 1. The molecule has 0 bridgehead atoms. The van der Waals surface area contributed by atoms with Crippen LogP contribution in [0.5, 0.6) is 0 Å². The van der Waals surface area contributed by atoms with E-state index < -0.39 is 14.9 Å². The van der Waals surface area contributed by atoms with Crippen molar-refractivity contribution >= 4 is 15.7 Å². The average molecular weight is 389 g/mol. The van der Waals surface area contributed by atoms with E-state index in [0.717, 1.165) is 31.3 Å². The predicted octanol–water partition coefficient (Wildman–Crippen LogP) is 2.98. The molecular weight excluding hydrogens is 366 g/mol. The van der Waals surface area contributed by atoms with Gasteiger partial charge in [-0.2, -0.15) is 0 Å². The first-order valence-electron chi connectivity index (χ1n) is 8.90. The number of non-ortho nitro benzene ring substituents is 1. The van der Waals surface area contributed by atoms with Gasteiger partial charge in [0.05, 0.1) is 9.82 Å². The van der Waals surface area contributed by atoms with Crippen molar-refractivity contribution in [1.82, 2.24) is 9.62 Å². The second kappa shape index (κ2) is 8.16. The summed E-state index contributed by atoms with van der Waals surface area (Å²) < 4.78 is 27.6. The lowest BCUT2D eigenvalue weighted by atomic mass is 10.1. The van der Waals surface area contributed by atoms with Crippen LogP contribution in [0, 0.1) is 17.0 Å². The van der Waals surface area contributed by atoms with Gasteiger partial charge in [0.25, 0.3) is 5.69 Å². The molecule has 3 rings (SSSR count). The molecule has 2 aromatic rings. The maximum absolute atomic E-state index is 12.6. The zero-order valence-electron chi connectivity index (χ0n) is 15.2. The molecule has 0 radical (unpaired) electrons. The first-order valence-corrected chi connectivity index (χ1v) is 10.4. The van der Waals surface area contributed by atoms with Crippen molar-refractivity contribution in [3.8, 4) is 0 Å². The van der Waals surface area contributed by atoms with E-state index in [1.165, 1.54) is 30.5 Å². The Balaban J connectivity index is 1.66. The van der Waals surface area contributed by atoms with E-state index in [0.29, 0.717) is 5.56 Å². The number of hydrogen-bond acceptors (Lipinski definition) is 5. The minimum atomic E-state index is -3.84. The largest absolute Gasteiger partial charge is 0.299 e. The first-order chi connectivity index (χ1) is 12.8. The van der Waals surface area contributed by atoms with Gasteiger partial charge in [-0.25, -0.2) is 13.1 Å². The fourth-order valence-electron chi connectivity index (χ4n) is 3.21. The van der Waals surface area contributed by atoms with Crippen LogP contribution in [0.25, 0.3) is 0 Å². The van der Waals surface area contributed by atoms with Crippen LogP contribution in [0.2, 0.25) is 0 Å². The molecule has 0 saturated carbocycles. The first kappa shape index (κ1) is 19.5. The Morgan fingerprint density at radius 2 is 1.70 bits per heavy atom. The molecule has 0 atom stereocenters. The number of benzene rings is 2. The highest BCUT2D eigenvalue weighted by molar-refractivity contribution is 7.89. The Morgan fingerprint density at radius 1 is 1.07 bits per heavy atom. The molecule has 8 heteroatoms. The van der Waals surface area contributed by atoms with Gasteiger partial charge in [0, 0.05) is 25.2 Å². The highest BCUT2D eigenvalue weighted by Gasteiger charge is 2.20. The van der Waals surface area contributed by atoms with Crippen molar-refractivity contribution < 1.29 is 13.3 Å². The van der Waals surface area contributed by atoms with E-state index in [9.17, 15) is 18.5 Å². The molecule has 2 aromatic carbocycles. The van der Waals surface area contributed by atoms with E-state index in [1.807, 2.05) is 24.3 Å². The quantitative estimate of drug-likeness (QED) is 0.580. The average Bonchev–Trinajstić information content (AvgIpc) is 3.14. The number of hydrogen-bond donors (Lipinski definition) is 1. The third kappa shape index (κ3) is 4.91. The summed E-state index contributed by atoms with van der Waals surface area (Å²) in [6, 6.07) is 11.7. The number of aryl methyl sites for hydroxylation is 1. The fraction of sp³-hybridized carbons (Fsp3) is 0.368. The van der Waals surface area contributed by atoms with Gasteiger partial charge < -0.3 is 0 Å². The molecule has 1 aliphatic heterocycles. The van der Waals surface area contributed by atoms with Crippen molar-refractivity contribution in [3.05, 3.63) is 69.3 Å². The lowest BCUT2D eigenvalue weighted by Gasteiger charge is -2.15. The van der Waals surface area contributed by atoms with Crippen molar-refractivity contribution in [3.63, 3.8) is 0 Å². The number of nitrogens with zero attached hydrogens (tertiary/aromatic N) is 2. The van der Waals surface area contributed by atoms with Gasteiger partial charge in [-0.1, -0.05) is 30.3 Å². The molecule has 27 heavy (non-hydrogen) atoms. The van der Waals surface area contributed by atoms with E-state index in [2.05, 4.69) is 9.62 Å². The Morgan fingerprint density at radius 3 is 2.33 bits per heavy atom. The minimum absolute atomic E-state index is 0.0673. The summed E-state index contributed by atoms with van der Waals surface area (Å²) in [6.45, 7) is 4.92. The zero-order valence-corrected chi connectivity index (χ0v) is 16.0. The van der Waals surface area contributed by atoms with Crippen molar-refractivity contribution in [2.24, 2.45) is 0 Å². The summed E-state index contributed by atoms with van der Waals surface area (Å²) in [4.78, 5) is 12.7. The van der Waals surface area contributed by atoms with Crippen molar-refractivity contribution in [2.45, 2.75) is 37.8 Å². The Kier molecular flexibility index (Phi) is 5.88. The van der Waals surface area contributed by atoms with Crippen LogP contribution in [0.3, 0.4) is 0 Å². The van der Waals surface area contributed by atoms with Gasteiger partial charge in [0.15, 0.2) is 0 Å². The fourth-order valence-corrected chi connectivity index (χ4v) is 4.49. The van der Waals surface area contributed by atoms with Gasteiger partial charge in [-0.05, 0) is 49.5 Å². The van der Waals surface area contributed by atoms with E-state index in [-0.39, 0.29) is 17.1 Å². The van der Waals surface area contributed by atoms with E-state index in [4.69, 9.17) is 0 Å². The molecule has 7 nitrogen and oxygen atoms in total. The minimum Gasteiger partial charge on any atom is -0.299 e. The predicted molar refractivity (Wildman–Crippen MR) is 103 cm³/mol. The highest BCUT2D eigenvalue weighted by Crippen LogP contribution is 2.22. The molecule has 0 spiro atoms. The summed E-state index contributed by atoms with van der Waals surface area (Å²) >= 11 is 0. The summed E-state index contributed by atoms with van der Waals surface area (Å²) in [5.41, 5.74) is 2.27. The van der Waals surface area contributed by atoms with Crippen molar-refractivity contribution in [2.75, 3.05) is 13.1 Å². The number of likely N-dealkylation sites (tertiary alicyclic amines) is 1. The third-order valence-electron chi connectivity index (χ3n) is 4.77. The van der Waals surface area contributed by atoms with Crippen molar-refractivity contribution in [1.29, 1.82) is 0 Å². The number of nitrogens with one attached hydrogen (secondary N) is 1. The van der Waals surface area contributed by atoms with Crippen LogP contribution in [0.4, 0.5) is 5.69 Å². The van der Waals surface area contributed by atoms with E-state index >= 15 is 0 Å². The van der Waals surface area contributed by atoms with Crippen LogP contribution in [-0.4, -0.2) is 31.3 Å². The maximum atomic E-state index is 12.6. The van der Waals surface area contributed by atoms with Crippen LogP contribution >= 0.6 is 0 Å². The van der Waals surface area contributed by atoms with Gasteiger partial charge in [-0.3, -0.25) is 15.0 Å². The van der Waals surface area contributed by atoms with Gasteiger partial charge in [-0.15, -0.1) is 0 Å².